The Morgan fingerprint density at radius 1 is 0.619 bits per heavy atom. The van der Waals surface area contributed by atoms with Crippen molar-refractivity contribution in [2.45, 2.75) is 0 Å². The van der Waals surface area contributed by atoms with E-state index < -0.39 is 0 Å². The van der Waals surface area contributed by atoms with Gasteiger partial charge in [0.05, 0.1) is 0 Å². The van der Waals surface area contributed by atoms with Gasteiger partial charge in [0, 0.05) is 78.5 Å². The highest BCUT2D eigenvalue weighted by Crippen LogP contribution is 1.87. The van der Waals surface area contributed by atoms with Crippen LogP contribution < -0.4 is 27.4 Å². The smallest absolute Gasteiger partial charge is 0.0108 e. The largest absolute Gasteiger partial charge is 0.329 e. The van der Waals surface area contributed by atoms with Crippen LogP contribution in [0, 0.1) is 0 Å². The normalized spacial score (nSPS) is 11.7. The third-order valence-electron chi connectivity index (χ3n) is 3.46. The van der Waals surface area contributed by atoms with Crippen molar-refractivity contribution in [3.8, 4) is 0 Å². The molecule has 0 radical (unpaired) electrons. The molecule has 0 saturated heterocycles. The van der Waals surface area contributed by atoms with E-state index in [2.05, 4.69) is 25.8 Å². The first-order valence-corrected chi connectivity index (χ1v) is 8.13. The second kappa shape index (κ2) is 16.1. The van der Waals surface area contributed by atoms with Crippen molar-refractivity contribution in [2.24, 2.45) is 11.5 Å². The quantitative estimate of drug-likeness (QED) is 0.202. The van der Waals surface area contributed by atoms with E-state index in [9.17, 15) is 0 Å². The van der Waals surface area contributed by atoms with Crippen LogP contribution in [0.15, 0.2) is 0 Å². The van der Waals surface area contributed by atoms with Crippen molar-refractivity contribution in [1.29, 1.82) is 0 Å². The van der Waals surface area contributed by atoms with Crippen LogP contribution in [0.2, 0.25) is 0 Å². The molecule has 0 aromatic carbocycles. The van der Waals surface area contributed by atoms with Crippen molar-refractivity contribution < 1.29 is 0 Å². The van der Waals surface area contributed by atoms with Crippen LogP contribution in [0.4, 0.5) is 0 Å². The topological polar surface area (TPSA) is 94.6 Å². The van der Waals surface area contributed by atoms with Gasteiger partial charge in [0.15, 0.2) is 0 Å². The summed E-state index contributed by atoms with van der Waals surface area (Å²) in [5.41, 5.74) is 11.3. The van der Waals surface area contributed by atoms with E-state index in [0.29, 0.717) is 0 Å². The molecule has 0 heterocycles. The summed E-state index contributed by atoms with van der Waals surface area (Å²) >= 11 is 0. The molecular weight excluding hydrogens is 266 g/mol. The van der Waals surface area contributed by atoms with Gasteiger partial charge in [-0.05, 0) is 14.1 Å². The minimum Gasteiger partial charge on any atom is -0.329 e. The summed E-state index contributed by atoms with van der Waals surface area (Å²) in [6, 6.07) is 0. The Kier molecular flexibility index (Phi) is 15.9. The van der Waals surface area contributed by atoms with Gasteiger partial charge >= 0.3 is 0 Å². The fourth-order valence-electron chi connectivity index (χ4n) is 2.18. The molecule has 0 fully saturated rings. The average molecular weight is 303 g/mol. The molecule has 0 bridgehead atoms. The van der Waals surface area contributed by atoms with E-state index in [1.165, 1.54) is 0 Å². The summed E-state index contributed by atoms with van der Waals surface area (Å²) in [4.78, 5) is 4.78. The fourth-order valence-corrected chi connectivity index (χ4v) is 2.18. The maximum absolute atomic E-state index is 5.64. The van der Waals surface area contributed by atoms with Crippen molar-refractivity contribution in [3.63, 3.8) is 0 Å². The van der Waals surface area contributed by atoms with Gasteiger partial charge in [-0.1, -0.05) is 0 Å². The zero-order valence-electron chi connectivity index (χ0n) is 14.0. The van der Waals surface area contributed by atoms with Gasteiger partial charge in [0.2, 0.25) is 0 Å². The van der Waals surface area contributed by atoms with Crippen LogP contribution in [-0.2, 0) is 0 Å². The van der Waals surface area contributed by atoms with E-state index in [-0.39, 0.29) is 0 Å². The number of hydrogen-bond donors (Lipinski definition) is 5. The molecule has 0 saturated carbocycles. The number of rotatable bonds is 16. The average Bonchev–Trinajstić information content (AvgIpc) is 2.49. The van der Waals surface area contributed by atoms with Gasteiger partial charge in [-0.3, -0.25) is 9.80 Å². The monoisotopic (exact) mass is 303 g/mol. The molecule has 7 N–H and O–H groups in total. The number of likely N-dealkylation sites (N-methyl/N-ethyl adjacent to an activating group) is 2. The molecular formula is C14H37N7. The molecule has 0 rings (SSSR count). The third-order valence-corrected chi connectivity index (χ3v) is 3.46. The summed E-state index contributed by atoms with van der Waals surface area (Å²) in [6.07, 6.45) is 0. The molecule has 128 valence electrons. The zero-order chi connectivity index (χ0) is 15.8. The van der Waals surface area contributed by atoms with E-state index >= 15 is 0 Å². The SMILES string of the molecule is CNCCN(CCN)CCNCCN(CCN)CCNC. The maximum atomic E-state index is 5.64. The van der Waals surface area contributed by atoms with Crippen LogP contribution in [0.5, 0.6) is 0 Å². The first kappa shape index (κ1) is 20.7. The van der Waals surface area contributed by atoms with Crippen LogP contribution in [0.3, 0.4) is 0 Å². The van der Waals surface area contributed by atoms with E-state index in [1.807, 2.05) is 14.1 Å². The standard InChI is InChI=1S/C14H37N7/c1-17-5-11-20(9-3-15)13-7-19-8-14-21(10-4-16)12-6-18-2/h17-19H,3-16H2,1-2H3. The van der Waals surface area contributed by atoms with Gasteiger partial charge in [-0.15, -0.1) is 0 Å². The van der Waals surface area contributed by atoms with Gasteiger partial charge in [0.25, 0.3) is 0 Å². The van der Waals surface area contributed by atoms with Crippen molar-refractivity contribution >= 4 is 0 Å². The lowest BCUT2D eigenvalue weighted by Crippen LogP contribution is -2.42. The number of nitrogens with zero attached hydrogens (tertiary/aromatic N) is 2. The first-order chi connectivity index (χ1) is 10.3. The number of nitrogens with one attached hydrogen (secondary N) is 3. The number of hydrogen-bond acceptors (Lipinski definition) is 7. The van der Waals surface area contributed by atoms with E-state index in [1.54, 1.807) is 0 Å². The van der Waals surface area contributed by atoms with Gasteiger partial charge in [-0.2, -0.15) is 0 Å². The lowest BCUT2D eigenvalue weighted by Gasteiger charge is -2.23. The Labute approximate surface area is 130 Å². The Hall–Kier alpha value is -0.280. The Morgan fingerprint density at radius 3 is 1.33 bits per heavy atom. The number of nitrogens with two attached hydrogens (primary N) is 2. The highest BCUT2D eigenvalue weighted by atomic mass is 15.2. The minimum atomic E-state index is 0.720. The molecule has 0 aromatic heterocycles. The van der Waals surface area contributed by atoms with Gasteiger partial charge in [0.1, 0.15) is 0 Å². The molecule has 0 aliphatic heterocycles. The van der Waals surface area contributed by atoms with E-state index in [0.717, 1.165) is 78.5 Å². The summed E-state index contributed by atoms with van der Waals surface area (Å²) in [7, 11) is 3.96. The van der Waals surface area contributed by atoms with Crippen molar-refractivity contribution in [3.05, 3.63) is 0 Å². The molecule has 7 nitrogen and oxygen atoms in total. The summed E-state index contributed by atoms with van der Waals surface area (Å²) in [5, 5.41) is 9.87. The van der Waals surface area contributed by atoms with E-state index in [4.69, 9.17) is 11.5 Å². The molecule has 0 spiro atoms. The first-order valence-electron chi connectivity index (χ1n) is 8.13. The second-order valence-corrected chi connectivity index (χ2v) is 5.22. The third kappa shape index (κ3) is 13.1. The Balaban J connectivity index is 3.69. The highest BCUT2D eigenvalue weighted by molar-refractivity contribution is 4.64. The van der Waals surface area contributed by atoms with Crippen LogP contribution in [0.25, 0.3) is 0 Å². The maximum Gasteiger partial charge on any atom is 0.0108 e. The van der Waals surface area contributed by atoms with Gasteiger partial charge in [-0.25, -0.2) is 0 Å². The van der Waals surface area contributed by atoms with Crippen LogP contribution >= 0.6 is 0 Å². The van der Waals surface area contributed by atoms with Crippen molar-refractivity contribution in [2.75, 3.05) is 92.6 Å². The summed E-state index contributed by atoms with van der Waals surface area (Å²) in [6.45, 7) is 11.6. The van der Waals surface area contributed by atoms with Crippen LogP contribution in [-0.4, -0.2) is 102 Å². The molecule has 0 aliphatic rings. The van der Waals surface area contributed by atoms with Crippen LogP contribution in [0.1, 0.15) is 0 Å². The molecule has 0 aliphatic carbocycles. The fraction of sp³-hybridized carbons (Fsp3) is 1.00. The summed E-state index contributed by atoms with van der Waals surface area (Å²) in [5.74, 6) is 0. The Morgan fingerprint density at radius 2 is 1.00 bits per heavy atom. The second-order valence-electron chi connectivity index (χ2n) is 5.22. The molecule has 0 atom stereocenters. The molecule has 21 heavy (non-hydrogen) atoms. The molecule has 7 heteroatoms. The predicted molar refractivity (Wildman–Crippen MR) is 91.7 cm³/mol. The highest BCUT2D eigenvalue weighted by Gasteiger charge is 2.04. The molecule has 0 aromatic rings. The zero-order valence-corrected chi connectivity index (χ0v) is 14.0. The van der Waals surface area contributed by atoms with Crippen molar-refractivity contribution in [1.82, 2.24) is 25.8 Å². The Bertz CT molecular complexity index is 184. The lowest BCUT2D eigenvalue weighted by atomic mass is 10.4. The van der Waals surface area contributed by atoms with Gasteiger partial charge < -0.3 is 27.4 Å². The predicted octanol–water partition coefficient (Wildman–Crippen LogP) is -2.46. The molecule has 0 amide bonds. The lowest BCUT2D eigenvalue weighted by molar-refractivity contribution is 0.265. The molecule has 0 unspecified atom stereocenters. The minimum absolute atomic E-state index is 0.720. The summed E-state index contributed by atoms with van der Waals surface area (Å²) < 4.78 is 0.